The lowest BCUT2D eigenvalue weighted by Crippen LogP contribution is -2.48. The molecule has 10 heteroatoms. The Labute approximate surface area is 188 Å². The van der Waals surface area contributed by atoms with Gasteiger partial charge in [0.15, 0.2) is 6.04 Å². The third-order valence-corrected chi connectivity index (χ3v) is 6.26. The number of furan rings is 1. The minimum atomic E-state index is -4.50. The second-order valence-electron chi connectivity index (χ2n) is 8.41. The maximum Gasteiger partial charge on any atom is 0.410 e. The molecule has 7 nitrogen and oxygen atoms in total. The quantitative estimate of drug-likeness (QED) is 0.637. The van der Waals surface area contributed by atoms with Crippen LogP contribution in [-0.2, 0) is 6.54 Å². The number of amides is 1. The number of alkyl halides is 3. The van der Waals surface area contributed by atoms with Crippen molar-refractivity contribution in [2.45, 2.75) is 31.2 Å². The molecular formula is C23H24F3N5O2. The third-order valence-electron chi connectivity index (χ3n) is 6.26. The van der Waals surface area contributed by atoms with E-state index in [0.717, 1.165) is 11.2 Å². The summed E-state index contributed by atoms with van der Waals surface area (Å²) in [6.45, 7) is 3.18. The van der Waals surface area contributed by atoms with Crippen molar-refractivity contribution >= 4 is 11.7 Å². The average Bonchev–Trinajstić information content (AvgIpc) is 3.49. The molecule has 0 spiro atoms. The lowest BCUT2D eigenvalue weighted by molar-refractivity contribution is -0.174. The van der Waals surface area contributed by atoms with Crippen LogP contribution >= 0.6 is 0 Å². The summed E-state index contributed by atoms with van der Waals surface area (Å²) < 4.78 is 47.6. The zero-order valence-corrected chi connectivity index (χ0v) is 17.8. The van der Waals surface area contributed by atoms with Crippen molar-refractivity contribution in [1.82, 2.24) is 19.6 Å². The summed E-state index contributed by atoms with van der Waals surface area (Å²) in [6, 6.07) is 10.8. The van der Waals surface area contributed by atoms with Crippen LogP contribution in [-0.4, -0.2) is 57.8 Å². The first-order chi connectivity index (χ1) is 15.9. The molecule has 1 fully saturated rings. The fraction of sp³-hybridized carbons (Fsp3) is 0.391. The summed E-state index contributed by atoms with van der Waals surface area (Å²) in [4.78, 5) is 17.2. The van der Waals surface area contributed by atoms with Crippen LogP contribution < -0.4 is 5.32 Å². The Morgan fingerprint density at radius 2 is 1.85 bits per heavy atom. The van der Waals surface area contributed by atoms with Gasteiger partial charge >= 0.3 is 6.18 Å². The van der Waals surface area contributed by atoms with Gasteiger partial charge in [-0.15, -0.1) is 0 Å². The standard InChI is InChI=1S/C23H24F3N5O2/c24-23(25,26)20-13-18(19-7-4-12-33-19)28-21-17(14-27-31(20)21)22(32)30-10-8-29(9-11-30)15-16-5-2-1-3-6-16/h1-7,12,14,18,20,28H,8-11,13,15H2/t18-,20+/m0/s1. The first-order valence-electron chi connectivity index (χ1n) is 10.9. The van der Waals surface area contributed by atoms with E-state index >= 15 is 0 Å². The molecule has 2 aromatic heterocycles. The smallest absolute Gasteiger partial charge is 0.410 e. The third kappa shape index (κ3) is 4.35. The topological polar surface area (TPSA) is 66.5 Å². The van der Waals surface area contributed by atoms with Gasteiger partial charge < -0.3 is 14.6 Å². The Hall–Kier alpha value is -3.27. The number of anilines is 1. The molecule has 2 atom stereocenters. The molecule has 1 saturated heterocycles. The highest BCUT2D eigenvalue weighted by Gasteiger charge is 2.48. The summed E-state index contributed by atoms with van der Waals surface area (Å²) in [6.07, 6.45) is -2.11. The van der Waals surface area contributed by atoms with Gasteiger partial charge in [0.1, 0.15) is 17.1 Å². The van der Waals surface area contributed by atoms with Gasteiger partial charge in [-0.25, -0.2) is 4.68 Å². The van der Waals surface area contributed by atoms with Crippen LogP contribution in [0, 0.1) is 0 Å². The summed E-state index contributed by atoms with van der Waals surface area (Å²) >= 11 is 0. The van der Waals surface area contributed by atoms with Crippen molar-refractivity contribution in [3.05, 3.63) is 71.8 Å². The van der Waals surface area contributed by atoms with Crippen molar-refractivity contribution in [3.63, 3.8) is 0 Å². The maximum absolute atomic E-state index is 13.8. The predicted octanol–water partition coefficient (Wildman–Crippen LogP) is 4.09. The second kappa shape index (κ2) is 8.58. The summed E-state index contributed by atoms with van der Waals surface area (Å²) in [5, 5.41) is 7.01. The van der Waals surface area contributed by atoms with Crippen LogP contribution in [0.4, 0.5) is 19.0 Å². The largest absolute Gasteiger partial charge is 0.467 e. The summed E-state index contributed by atoms with van der Waals surface area (Å²) in [5.41, 5.74) is 1.35. The van der Waals surface area contributed by atoms with E-state index in [-0.39, 0.29) is 23.7 Å². The van der Waals surface area contributed by atoms with Gasteiger partial charge in [0.2, 0.25) is 0 Å². The number of hydrogen-bond donors (Lipinski definition) is 1. The number of aromatic nitrogens is 2. The average molecular weight is 459 g/mol. The van der Waals surface area contributed by atoms with Gasteiger partial charge in [-0.2, -0.15) is 18.3 Å². The fourth-order valence-corrected chi connectivity index (χ4v) is 4.52. The highest BCUT2D eigenvalue weighted by atomic mass is 19.4. The van der Waals surface area contributed by atoms with Crippen molar-refractivity contribution in [2.75, 3.05) is 31.5 Å². The molecule has 2 aliphatic rings. The number of halogens is 3. The van der Waals surface area contributed by atoms with Crippen molar-refractivity contribution < 1.29 is 22.4 Å². The molecule has 0 aliphatic carbocycles. The lowest BCUT2D eigenvalue weighted by atomic mass is 10.0. The van der Waals surface area contributed by atoms with Gasteiger partial charge in [0, 0.05) is 39.1 Å². The van der Waals surface area contributed by atoms with Gasteiger partial charge in [-0.3, -0.25) is 9.69 Å². The Morgan fingerprint density at radius 3 is 2.52 bits per heavy atom. The SMILES string of the molecule is O=C(c1cnn2c1N[C@H](c1ccco1)C[C@@H]2C(F)(F)F)N1CCN(Cc2ccccc2)CC1. The molecule has 2 aliphatic heterocycles. The van der Waals surface area contributed by atoms with Crippen LogP contribution in [0.5, 0.6) is 0 Å². The minimum absolute atomic E-state index is 0.0849. The van der Waals surface area contributed by atoms with Crippen molar-refractivity contribution in [3.8, 4) is 0 Å². The number of nitrogens with one attached hydrogen (secondary N) is 1. The zero-order chi connectivity index (χ0) is 23.0. The molecule has 174 valence electrons. The second-order valence-corrected chi connectivity index (χ2v) is 8.41. The molecule has 1 aromatic carbocycles. The molecule has 0 bridgehead atoms. The van der Waals surface area contributed by atoms with Crippen LogP contribution in [0.2, 0.25) is 0 Å². The molecule has 0 unspecified atom stereocenters. The lowest BCUT2D eigenvalue weighted by Gasteiger charge is -2.36. The van der Waals surface area contributed by atoms with E-state index in [1.54, 1.807) is 17.0 Å². The molecular weight excluding hydrogens is 435 g/mol. The van der Waals surface area contributed by atoms with Crippen LogP contribution in [0.15, 0.2) is 59.3 Å². The van der Waals surface area contributed by atoms with E-state index in [0.29, 0.717) is 31.9 Å². The van der Waals surface area contributed by atoms with E-state index in [1.807, 2.05) is 18.2 Å². The van der Waals surface area contributed by atoms with E-state index < -0.39 is 18.3 Å². The van der Waals surface area contributed by atoms with E-state index in [4.69, 9.17) is 4.42 Å². The maximum atomic E-state index is 13.8. The van der Waals surface area contributed by atoms with Gasteiger partial charge in [0.25, 0.3) is 5.91 Å². The first-order valence-corrected chi connectivity index (χ1v) is 10.9. The van der Waals surface area contributed by atoms with Gasteiger partial charge in [-0.1, -0.05) is 30.3 Å². The number of hydrogen-bond acceptors (Lipinski definition) is 5. The van der Waals surface area contributed by atoms with E-state index in [1.165, 1.54) is 18.0 Å². The van der Waals surface area contributed by atoms with E-state index in [2.05, 4.69) is 27.4 Å². The minimum Gasteiger partial charge on any atom is -0.467 e. The number of carbonyl (C=O) groups excluding carboxylic acids is 1. The number of nitrogens with zero attached hydrogens (tertiary/aromatic N) is 4. The Balaban J connectivity index is 1.32. The molecule has 4 heterocycles. The van der Waals surface area contributed by atoms with Crippen LogP contribution in [0.25, 0.3) is 0 Å². The molecule has 1 amide bonds. The number of fused-ring (bicyclic) bond motifs is 1. The zero-order valence-electron chi connectivity index (χ0n) is 17.8. The number of carbonyl (C=O) groups is 1. The number of benzene rings is 1. The molecule has 1 N–H and O–H groups in total. The highest BCUT2D eigenvalue weighted by molar-refractivity contribution is 5.99. The number of rotatable bonds is 4. The first kappa shape index (κ1) is 21.6. The Bertz CT molecular complexity index is 1090. The summed E-state index contributed by atoms with van der Waals surface area (Å²) in [7, 11) is 0. The van der Waals surface area contributed by atoms with E-state index in [9.17, 15) is 18.0 Å². The van der Waals surface area contributed by atoms with Crippen molar-refractivity contribution in [2.24, 2.45) is 0 Å². The molecule has 0 radical (unpaired) electrons. The van der Waals surface area contributed by atoms with Crippen LogP contribution in [0.3, 0.4) is 0 Å². The molecule has 33 heavy (non-hydrogen) atoms. The van der Waals surface area contributed by atoms with Crippen molar-refractivity contribution in [1.29, 1.82) is 0 Å². The predicted molar refractivity (Wildman–Crippen MR) is 115 cm³/mol. The summed E-state index contributed by atoms with van der Waals surface area (Å²) in [5.74, 6) is 0.162. The van der Waals surface area contributed by atoms with Gasteiger partial charge in [0.05, 0.1) is 18.5 Å². The Kier molecular flexibility index (Phi) is 5.61. The number of piperazine rings is 1. The Morgan fingerprint density at radius 1 is 1.09 bits per heavy atom. The molecule has 3 aromatic rings. The highest BCUT2D eigenvalue weighted by Crippen LogP contribution is 2.44. The fourth-order valence-electron chi connectivity index (χ4n) is 4.52. The molecule has 5 rings (SSSR count). The molecule has 0 saturated carbocycles. The monoisotopic (exact) mass is 459 g/mol. The van der Waals surface area contributed by atoms with Crippen LogP contribution in [0.1, 0.15) is 40.2 Å². The normalized spacial score (nSPS) is 21.5. The van der Waals surface area contributed by atoms with Gasteiger partial charge in [-0.05, 0) is 17.7 Å².